The van der Waals surface area contributed by atoms with E-state index in [0.717, 1.165) is 0 Å². The number of fused-ring (bicyclic) bond motifs is 1. The standard InChI is InChI=1S/C9H4BrFINO2/c10-7-5(12)1-4-3(8(7)11)2-6(14)13-9(4)15/h1H,2H2,(H,13,14,15). The lowest BCUT2D eigenvalue weighted by molar-refractivity contribution is -0.119. The molecule has 0 unspecified atom stereocenters. The van der Waals surface area contributed by atoms with Crippen LogP contribution in [-0.2, 0) is 11.2 Å². The summed E-state index contributed by atoms with van der Waals surface area (Å²) in [6.07, 6.45) is -0.0948. The SMILES string of the molecule is O=C1Cc2c(cc(I)c(Br)c2F)C(=O)N1. The molecule has 1 aliphatic heterocycles. The van der Waals surface area contributed by atoms with Gasteiger partial charge in [0, 0.05) is 14.7 Å². The molecular formula is C9H4BrFINO2. The first-order valence-electron chi connectivity index (χ1n) is 4.01. The number of rotatable bonds is 0. The minimum Gasteiger partial charge on any atom is -0.292 e. The van der Waals surface area contributed by atoms with Crippen LogP contribution in [0.1, 0.15) is 15.9 Å². The van der Waals surface area contributed by atoms with Crippen LogP contribution < -0.4 is 5.32 Å². The second-order valence-corrected chi connectivity index (χ2v) is 5.02. The fourth-order valence-electron chi connectivity index (χ4n) is 1.41. The number of hydrogen-bond donors (Lipinski definition) is 1. The van der Waals surface area contributed by atoms with Crippen LogP contribution >= 0.6 is 38.5 Å². The van der Waals surface area contributed by atoms with Gasteiger partial charge < -0.3 is 0 Å². The largest absolute Gasteiger partial charge is 0.292 e. The quantitative estimate of drug-likeness (QED) is 0.423. The number of imide groups is 1. The molecule has 0 atom stereocenters. The second kappa shape index (κ2) is 3.82. The van der Waals surface area contributed by atoms with Crippen molar-refractivity contribution >= 4 is 50.3 Å². The molecule has 0 radical (unpaired) electrons. The summed E-state index contributed by atoms with van der Waals surface area (Å²) >= 11 is 4.99. The van der Waals surface area contributed by atoms with Gasteiger partial charge in [0.25, 0.3) is 5.91 Å². The van der Waals surface area contributed by atoms with Crippen LogP contribution in [0.5, 0.6) is 0 Å². The van der Waals surface area contributed by atoms with E-state index in [1.54, 1.807) is 6.07 Å². The normalized spacial score (nSPS) is 14.9. The number of amides is 2. The first kappa shape index (κ1) is 11.0. The summed E-state index contributed by atoms with van der Waals surface area (Å²) in [5.74, 6) is -1.54. The highest BCUT2D eigenvalue weighted by molar-refractivity contribution is 14.1. The summed E-state index contributed by atoms with van der Waals surface area (Å²) in [5, 5.41) is 2.15. The molecule has 3 nitrogen and oxygen atoms in total. The summed E-state index contributed by atoms with van der Waals surface area (Å²) < 4.78 is 14.6. The monoisotopic (exact) mass is 383 g/mol. The van der Waals surface area contributed by atoms with E-state index in [1.165, 1.54) is 0 Å². The van der Waals surface area contributed by atoms with Gasteiger partial charge in [0.05, 0.1) is 10.9 Å². The lowest BCUT2D eigenvalue weighted by atomic mass is 9.99. The Hall–Kier alpha value is -0.500. The first-order chi connectivity index (χ1) is 7.00. The Bertz CT molecular complexity index is 489. The van der Waals surface area contributed by atoms with E-state index in [1.807, 2.05) is 22.6 Å². The van der Waals surface area contributed by atoms with Crippen LogP contribution in [-0.4, -0.2) is 11.8 Å². The molecule has 0 bridgehead atoms. The van der Waals surface area contributed by atoms with Crippen molar-refractivity contribution in [3.8, 4) is 0 Å². The lowest BCUT2D eigenvalue weighted by Crippen LogP contribution is -2.37. The topological polar surface area (TPSA) is 46.2 Å². The maximum absolute atomic E-state index is 13.7. The van der Waals surface area contributed by atoms with Gasteiger partial charge in [-0.3, -0.25) is 14.9 Å². The van der Waals surface area contributed by atoms with Gasteiger partial charge in [0.2, 0.25) is 5.91 Å². The Kier molecular flexibility index (Phi) is 2.80. The van der Waals surface area contributed by atoms with E-state index in [9.17, 15) is 14.0 Å². The van der Waals surface area contributed by atoms with Crippen molar-refractivity contribution in [2.45, 2.75) is 6.42 Å². The second-order valence-electron chi connectivity index (χ2n) is 3.07. The predicted molar refractivity (Wildman–Crippen MR) is 63.0 cm³/mol. The van der Waals surface area contributed by atoms with E-state index < -0.39 is 17.6 Å². The third-order valence-corrected chi connectivity index (χ3v) is 4.47. The van der Waals surface area contributed by atoms with Crippen LogP contribution in [0.2, 0.25) is 0 Å². The van der Waals surface area contributed by atoms with Crippen molar-refractivity contribution in [1.29, 1.82) is 0 Å². The van der Waals surface area contributed by atoms with Gasteiger partial charge in [-0.25, -0.2) is 4.39 Å². The number of hydrogen-bond acceptors (Lipinski definition) is 2. The van der Waals surface area contributed by atoms with Crippen LogP contribution in [0.25, 0.3) is 0 Å². The van der Waals surface area contributed by atoms with E-state index in [-0.39, 0.29) is 17.5 Å². The summed E-state index contributed by atoms with van der Waals surface area (Å²) in [4.78, 5) is 22.5. The summed E-state index contributed by atoms with van der Waals surface area (Å²) in [5.41, 5.74) is 0.399. The van der Waals surface area contributed by atoms with Crippen LogP contribution in [0, 0.1) is 9.39 Å². The Morgan fingerprint density at radius 3 is 2.80 bits per heavy atom. The molecule has 1 aromatic rings. The molecule has 2 amide bonds. The zero-order chi connectivity index (χ0) is 11.2. The highest BCUT2D eigenvalue weighted by atomic mass is 127. The number of halogens is 3. The molecule has 1 aromatic carbocycles. The first-order valence-corrected chi connectivity index (χ1v) is 5.88. The Morgan fingerprint density at radius 2 is 2.13 bits per heavy atom. The van der Waals surface area contributed by atoms with Crippen LogP contribution in [0.15, 0.2) is 10.5 Å². The number of nitrogens with one attached hydrogen (secondary N) is 1. The molecule has 1 aliphatic rings. The molecule has 6 heteroatoms. The lowest BCUT2D eigenvalue weighted by Gasteiger charge is -2.17. The van der Waals surface area contributed by atoms with Crippen molar-refractivity contribution in [1.82, 2.24) is 5.32 Å². The Balaban J connectivity index is 2.71. The summed E-state index contributed by atoms with van der Waals surface area (Å²) in [6, 6.07) is 1.56. The van der Waals surface area contributed by atoms with Crippen molar-refractivity contribution in [3.63, 3.8) is 0 Å². The van der Waals surface area contributed by atoms with Gasteiger partial charge in [-0.1, -0.05) is 0 Å². The molecule has 0 spiro atoms. The van der Waals surface area contributed by atoms with Crippen molar-refractivity contribution in [2.24, 2.45) is 0 Å². The van der Waals surface area contributed by atoms with Crippen molar-refractivity contribution in [2.75, 3.05) is 0 Å². The zero-order valence-corrected chi connectivity index (χ0v) is 11.0. The third kappa shape index (κ3) is 1.80. The fraction of sp³-hybridized carbons (Fsp3) is 0.111. The fourth-order valence-corrected chi connectivity index (χ4v) is 2.31. The van der Waals surface area contributed by atoms with E-state index in [4.69, 9.17) is 0 Å². The number of benzene rings is 1. The molecule has 0 fully saturated rings. The highest BCUT2D eigenvalue weighted by Gasteiger charge is 2.27. The van der Waals surface area contributed by atoms with E-state index in [2.05, 4.69) is 21.2 Å². The number of carbonyl (C=O) groups is 2. The van der Waals surface area contributed by atoms with Crippen molar-refractivity contribution in [3.05, 3.63) is 31.1 Å². The van der Waals surface area contributed by atoms with Gasteiger partial charge in [-0.15, -0.1) is 0 Å². The van der Waals surface area contributed by atoms with Gasteiger partial charge in [-0.05, 0) is 44.6 Å². The smallest absolute Gasteiger partial charge is 0.258 e. The Morgan fingerprint density at radius 1 is 1.47 bits per heavy atom. The molecule has 0 saturated heterocycles. The van der Waals surface area contributed by atoms with Gasteiger partial charge in [0.15, 0.2) is 0 Å². The van der Waals surface area contributed by atoms with Gasteiger partial charge >= 0.3 is 0 Å². The van der Waals surface area contributed by atoms with Gasteiger partial charge in [-0.2, -0.15) is 0 Å². The third-order valence-electron chi connectivity index (χ3n) is 2.10. The van der Waals surface area contributed by atoms with E-state index in [0.29, 0.717) is 8.04 Å². The average Bonchev–Trinajstić information content (AvgIpc) is 2.17. The molecule has 78 valence electrons. The average molecular weight is 384 g/mol. The van der Waals surface area contributed by atoms with Crippen LogP contribution in [0.3, 0.4) is 0 Å². The molecule has 0 saturated carbocycles. The predicted octanol–water partition coefficient (Wildman–Crippen LogP) is 2.01. The molecule has 15 heavy (non-hydrogen) atoms. The number of carbonyl (C=O) groups excluding carboxylic acids is 2. The minimum atomic E-state index is -0.537. The van der Waals surface area contributed by atoms with Crippen molar-refractivity contribution < 1.29 is 14.0 Å². The maximum Gasteiger partial charge on any atom is 0.258 e. The molecular weight excluding hydrogens is 380 g/mol. The summed E-state index contributed by atoms with van der Waals surface area (Å²) in [7, 11) is 0. The Labute approximate surface area is 107 Å². The maximum atomic E-state index is 13.7. The van der Waals surface area contributed by atoms with Crippen LogP contribution in [0.4, 0.5) is 4.39 Å². The summed E-state index contributed by atoms with van der Waals surface area (Å²) in [6.45, 7) is 0. The van der Waals surface area contributed by atoms with Gasteiger partial charge in [0.1, 0.15) is 5.82 Å². The molecule has 2 rings (SSSR count). The molecule has 1 heterocycles. The molecule has 0 aliphatic carbocycles. The minimum absolute atomic E-state index is 0.0948. The molecule has 0 aromatic heterocycles. The zero-order valence-electron chi connectivity index (χ0n) is 7.23. The van der Waals surface area contributed by atoms with E-state index >= 15 is 0 Å². The highest BCUT2D eigenvalue weighted by Crippen LogP contribution is 2.29. The molecule has 1 N–H and O–H groups in total.